The predicted molar refractivity (Wildman–Crippen MR) is 246 cm³/mol. The fourth-order valence-electron chi connectivity index (χ4n) is 7.84. The van der Waals surface area contributed by atoms with E-state index in [0.717, 1.165) is 42.9 Å². The van der Waals surface area contributed by atoms with Crippen LogP contribution in [0.3, 0.4) is 0 Å². The van der Waals surface area contributed by atoms with Gasteiger partial charge in [0.15, 0.2) is 22.7 Å². The molecule has 0 aliphatic carbocycles. The van der Waals surface area contributed by atoms with E-state index in [-0.39, 0.29) is 54.2 Å². The van der Waals surface area contributed by atoms with Gasteiger partial charge in [-0.15, -0.1) is 12.4 Å². The summed E-state index contributed by atoms with van der Waals surface area (Å²) in [6.07, 6.45) is 9.31. The first-order chi connectivity index (χ1) is 29.4. The first-order valence-electron chi connectivity index (χ1n) is 20.3. The van der Waals surface area contributed by atoms with Crippen molar-refractivity contribution in [2.24, 2.45) is 0 Å². The summed E-state index contributed by atoms with van der Waals surface area (Å²) in [5.41, 5.74) is 3.49. The number of halogens is 6. The van der Waals surface area contributed by atoms with Crippen LogP contribution >= 0.6 is 70.4 Å². The zero-order chi connectivity index (χ0) is 43.4. The fraction of sp³-hybridized carbons (Fsp3) is 0.429. The van der Waals surface area contributed by atoms with Crippen LogP contribution in [0, 0.1) is 0 Å². The van der Waals surface area contributed by atoms with Crippen molar-refractivity contribution in [1.29, 1.82) is 0 Å². The SMILES string of the molecule is CCOC(=O)c1nn(C(C)c2ccc(Cl)cc2Cl)c2nc(Cl)cnc12.CCOC(=O)c1nn(C(C)c2ccc(Cl)cc2Cl)c2nc(N3CCC(N4CCCCC4)CC3)cnc12.Cl. The minimum Gasteiger partial charge on any atom is -0.461 e. The number of esters is 2. The number of anilines is 1. The van der Waals surface area contributed by atoms with Crippen LogP contribution in [-0.4, -0.2) is 102 Å². The molecule has 0 bridgehead atoms. The van der Waals surface area contributed by atoms with Gasteiger partial charge in [-0.25, -0.2) is 38.9 Å². The molecule has 8 rings (SSSR count). The van der Waals surface area contributed by atoms with Crippen LogP contribution < -0.4 is 4.90 Å². The van der Waals surface area contributed by atoms with E-state index in [4.69, 9.17) is 72.5 Å². The maximum atomic E-state index is 12.7. The van der Waals surface area contributed by atoms with Crippen molar-refractivity contribution >= 4 is 110 Å². The maximum Gasteiger partial charge on any atom is 0.361 e. The van der Waals surface area contributed by atoms with E-state index >= 15 is 0 Å². The molecule has 2 unspecified atom stereocenters. The van der Waals surface area contributed by atoms with Gasteiger partial charge in [0.05, 0.1) is 37.7 Å². The van der Waals surface area contributed by atoms with Gasteiger partial charge in [-0.3, -0.25) is 0 Å². The molecule has 2 aromatic carbocycles. The Labute approximate surface area is 390 Å². The van der Waals surface area contributed by atoms with Crippen LogP contribution in [-0.2, 0) is 9.47 Å². The lowest BCUT2D eigenvalue weighted by Gasteiger charge is -2.40. The summed E-state index contributed by atoms with van der Waals surface area (Å²) < 4.78 is 13.6. The molecule has 0 amide bonds. The Bertz CT molecular complexity index is 2540. The number of carbonyl (C=O) groups excluding carboxylic acids is 2. The highest BCUT2D eigenvalue weighted by Gasteiger charge is 2.30. The summed E-state index contributed by atoms with van der Waals surface area (Å²) in [6.45, 7) is 12.1. The number of carbonyl (C=O) groups is 2. The number of hydrogen-bond acceptors (Lipinski definition) is 12. The summed E-state index contributed by atoms with van der Waals surface area (Å²) in [5, 5.41) is 11.3. The van der Waals surface area contributed by atoms with E-state index in [1.54, 1.807) is 59.7 Å². The highest BCUT2D eigenvalue weighted by Crippen LogP contribution is 2.33. The van der Waals surface area contributed by atoms with E-state index < -0.39 is 11.9 Å². The maximum absolute atomic E-state index is 12.7. The largest absolute Gasteiger partial charge is 0.461 e. The Kier molecular flexibility index (Phi) is 16.2. The highest BCUT2D eigenvalue weighted by atomic mass is 35.5. The molecular weight excluding hydrogens is 921 g/mol. The minimum absolute atomic E-state index is 0. The van der Waals surface area contributed by atoms with E-state index in [1.807, 2.05) is 19.9 Å². The normalized spacial score (nSPS) is 15.7. The number of likely N-dealkylation sites (tertiary alicyclic amines) is 1. The molecular formula is C42H46Cl6N10O4. The van der Waals surface area contributed by atoms with Crippen molar-refractivity contribution < 1.29 is 19.1 Å². The zero-order valence-corrected chi connectivity index (χ0v) is 39.1. The van der Waals surface area contributed by atoms with Gasteiger partial charge in [-0.2, -0.15) is 10.2 Å². The van der Waals surface area contributed by atoms with Gasteiger partial charge in [0, 0.05) is 39.2 Å². The van der Waals surface area contributed by atoms with Crippen LogP contribution in [0.2, 0.25) is 25.2 Å². The van der Waals surface area contributed by atoms with Crippen LogP contribution in [0.5, 0.6) is 0 Å². The first kappa shape index (κ1) is 47.5. The molecule has 2 aliphatic rings. The Hall–Kier alpha value is -4.02. The van der Waals surface area contributed by atoms with Gasteiger partial charge in [-0.1, -0.05) is 76.6 Å². The second kappa shape index (κ2) is 21.1. The number of benzene rings is 2. The zero-order valence-electron chi connectivity index (χ0n) is 34.5. The molecule has 6 aromatic rings. The summed E-state index contributed by atoms with van der Waals surface area (Å²) >= 11 is 30.8. The predicted octanol–water partition coefficient (Wildman–Crippen LogP) is 10.4. The molecule has 6 heterocycles. The summed E-state index contributed by atoms with van der Waals surface area (Å²) in [7, 11) is 0. The van der Waals surface area contributed by atoms with E-state index in [1.165, 1.54) is 38.5 Å². The lowest BCUT2D eigenvalue weighted by Crippen LogP contribution is -2.47. The molecule has 2 atom stereocenters. The smallest absolute Gasteiger partial charge is 0.361 e. The quantitative estimate of drug-likeness (QED) is 0.120. The lowest BCUT2D eigenvalue weighted by molar-refractivity contribution is 0.0510. The molecule has 14 nitrogen and oxygen atoms in total. The van der Waals surface area contributed by atoms with Crippen LogP contribution in [0.4, 0.5) is 5.82 Å². The summed E-state index contributed by atoms with van der Waals surface area (Å²) in [5.74, 6) is -0.289. The average molecular weight is 968 g/mol. The van der Waals surface area contributed by atoms with Gasteiger partial charge in [0.1, 0.15) is 22.0 Å². The van der Waals surface area contributed by atoms with Gasteiger partial charge in [0.2, 0.25) is 0 Å². The Morgan fingerprint density at radius 2 is 1.18 bits per heavy atom. The number of nitrogens with zero attached hydrogens (tertiary/aromatic N) is 10. The van der Waals surface area contributed by atoms with E-state index in [9.17, 15) is 9.59 Å². The molecule has 0 N–H and O–H groups in total. The number of ether oxygens (including phenoxy) is 2. The molecule has 330 valence electrons. The van der Waals surface area contributed by atoms with Crippen molar-refractivity contribution in [2.45, 2.75) is 77.9 Å². The topological polar surface area (TPSA) is 146 Å². The molecule has 2 aliphatic heterocycles. The molecule has 20 heteroatoms. The average Bonchev–Trinajstić information content (AvgIpc) is 3.83. The number of piperidine rings is 2. The molecule has 4 aromatic heterocycles. The number of hydrogen-bond donors (Lipinski definition) is 0. The fourth-order valence-corrected chi connectivity index (χ4v) is 9.10. The molecule has 2 saturated heterocycles. The first-order valence-corrected chi connectivity index (χ1v) is 22.2. The lowest BCUT2D eigenvalue weighted by atomic mass is 10.00. The highest BCUT2D eigenvalue weighted by molar-refractivity contribution is 6.35. The van der Waals surface area contributed by atoms with Crippen LogP contribution in [0.15, 0.2) is 48.8 Å². The van der Waals surface area contributed by atoms with Crippen LogP contribution in [0.25, 0.3) is 22.3 Å². The molecule has 0 radical (unpaired) electrons. The van der Waals surface area contributed by atoms with E-state index in [2.05, 4.69) is 34.9 Å². The third kappa shape index (κ3) is 10.3. The Balaban J connectivity index is 0.000000217. The minimum atomic E-state index is -0.572. The third-order valence-corrected chi connectivity index (χ3v) is 12.3. The van der Waals surface area contributed by atoms with Gasteiger partial charge in [-0.05, 0) is 102 Å². The number of rotatable bonds is 10. The Morgan fingerprint density at radius 3 is 1.66 bits per heavy atom. The summed E-state index contributed by atoms with van der Waals surface area (Å²) in [6, 6.07) is 10.6. The number of aromatic nitrogens is 8. The second-order valence-electron chi connectivity index (χ2n) is 14.8. The Morgan fingerprint density at radius 1 is 0.694 bits per heavy atom. The molecule has 62 heavy (non-hydrogen) atoms. The van der Waals surface area contributed by atoms with Gasteiger partial charge < -0.3 is 19.3 Å². The van der Waals surface area contributed by atoms with E-state index in [0.29, 0.717) is 48.5 Å². The molecule has 2 fully saturated rings. The van der Waals surface area contributed by atoms with Crippen molar-refractivity contribution in [1.82, 2.24) is 44.4 Å². The van der Waals surface area contributed by atoms with Crippen LogP contribution in [0.1, 0.15) is 104 Å². The standard InChI is InChI=1S/C26H32Cl2N6O2.C16H13Cl3N4O2.ClH/c1-3-36-26(35)24-23-25(34(31-24)17(2)20-8-7-18(27)15-21(20)28)30-22(16-29-23)33-13-9-19(10-14-33)32-11-5-4-6-12-32;1-3-25-16(24)14-13-15(21-12(19)7-20-13)23(22-14)8(2)10-5-4-9(17)6-11(10)18;/h7-8,15-17,19H,3-6,9-14H2,1-2H3;4-8H,3H2,1-2H3;1H. The van der Waals surface area contributed by atoms with Gasteiger partial charge >= 0.3 is 11.9 Å². The number of fused-ring (bicyclic) bond motifs is 2. The van der Waals surface area contributed by atoms with Crippen molar-refractivity contribution in [3.8, 4) is 0 Å². The van der Waals surface area contributed by atoms with Gasteiger partial charge in [0.25, 0.3) is 0 Å². The molecule has 0 spiro atoms. The summed E-state index contributed by atoms with van der Waals surface area (Å²) in [4.78, 5) is 47.9. The molecule has 0 saturated carbocycles. The second-order valence-corrected chi connectivity index (χ2v) is 16.9. The third-order valence-electron chi connectivity index (χ3n) is 11.0. The monoisotopic (exact) mass is 964 g/mol. The van der Waals surface area contributed by atoms with Crippen molar-refractivity contribution in [3.05, 3.63) is 96.6 Å². The van der Waals surface area contributed by atoms with Crippen molar-refractivity contribution in [3.63, 3.8) is 0 Å². The van der Waals surface area contributed by atoms with Crippen molar-refractivity contribution in [2.75, 3.05) is 44.3 Å².